The molecule has 184 valence electrons. The Balaban J connectivity index is 1.72. The van der Waals surface area contributed by atoms with Crippen molar-refractivity contribution in [2.24, 2.45) is 0 Å². The molecule has 4 aromatic rings. The van der Waals surface area contributed by atoms with Gasteiger partial charge in [0, 0.05) is 24.2 Å². The van der Waals surface area contributed by atoms with Crippen molar-refractivity contribution in [3.05, 3.63) is 87.5 Å². The summed E-state index contributed by atoms with van der Waals surface area (Å²) in [4.78, 5) is 18.5. The minimum atomic E-state index is -0.199. The van der Waals surface area contributed by atoms with Crippen LogP contribution in [0.2, 0.25) is 0 Å². The van der Waals surface area contributed by atoms with Gasteiger partial charge in [-0.15, -0.1) is 5.10 Å². The van der Waals surface area contributed by atoms with E-state index in [-0.39, 0.29) is 17.1 Å². The molecule has 0 radical (unpaired) electrons. The van der Waals surface area contributed by atoms with Crippen LogP contribution in [0.3, 0.4) is 0 Å². The summed E-state index contributed by atoms with van der Waals surface area (Å²) in [5, 5.41) is 13.9. The van der Waals surface area contributed by atoms with Crippen LogP contribution in [0.15, 0.2) is 59.4 Å². The van der Waals surface area contributed by atoms with Crippen molar-refractivity contribution in [2.75, 3.05) is 6.54 Å². The molecule has 0 spiro atoms. The lowest BCUT2D eigenvalue weighted by Gasteiger charge is -2.33. The first-order chi connectivity index (χ1) is 16.8. The van der Waals surface area contributed by atoms with Crippen molar-refractivity contribution in [1.82, 2.24) is 30.1 Å². The van der Waals surface area contributed by atoms with Crippen LogP contribution in [0.25, 0.3) is 10.9 Å². The van der Waals surface area contributed by atoms with Crippen LogP contribution in [-0.4, -0.2) is 36.6 Å². The second-order valence-corrected chi connectivity index (χ2v) is 9.96. The standard InChI is InChI=1S/C28H36N6O/c1-6-25(26-30-31-32-34(26)28(4,5)7-2)33(16-15-21-11-9-8-10-12-21)19-23-18-22-17-20(3)13-14-24(22)29-27(23)35/h8-14,17-18,25H,6-7,15-16,19H2,1-5H3,(H,29,35)/t25-/m0/s1. The van der Waals surface area contributed by atoms with E-state index < -0.39 is 0 Å². The molecule has 35 heavy (non-hydrogen) atoms. The van der Waals surface area contributed by atoms with Gasteiger partial charge in [-0.3, -0.25) is 9.69 Å². The molecule has 0 aliphatic carbocycles. The molecule has 4 rings (SSSR count). The van der Waals surface area contributed by atoms with Crippen LogP contribution in [0.5, 0.6) is 0 Å². The van der Waals surface area contributed by atoms with Gasteiger partial charge < -0.3 is 4.98 Å². The fourth-order valence-corrected chi connectivity index (χ4v) is 4.56. The van der Waals surface area contributed by atoms with Gasteiger partial charge in [-0.1, -0.05) is 55.8 Å². The van der Waals surface area contributed by atoms with Crippen molar-refractivity contribution >= 4 is 10.9 Å². The van der Waals surface area contributed by atoms with Gasteiger partial charge in [-0.25, -0.2) is 4.68 Å². The number of benzene rings is 2. The average Bonchev–Trinajstić information content (AvgIpc) is 3.35. The highest BCUT2D eigenvalue weighted by Crippen LogP contribution is 2.29. The molecule has 0 bridgehead atoms. The predicted octanol–water partition coefficient (Wildman–Crippen LogP) is 5.16. The van der Waals surface area contributed by atoms with Gasteiger partial charge >= 0.3 is 0 Å². The smallest absolute Gasteiger partial charge is 0.252 e. The van der Waals surface area contributed by atoms with E-state index >= 15 is 0 Å². The molecule has 7 nitrogen and oxygen atoms in total. The molecule has 0 aliphatic heterocycles. The number of aromatic nitrogens is 5. The number of pyridine rings is 1. The fraction of sp³-hybridized carbons (Fsp3) is 0.429. The topological polar surface area (TPSA) is 79.7 Å². The monoisotopic (exact) mass is 472 g/mol. The normalized spacial score (nSPS) is 13.0. The highest BCUT2D eigenvalue weighted by atomic mass is 16.1. The van der Waals surface area contributed by atoms with Crippen LogP contribution < -0.4 is 5.56 Å². The average molecular weight is 473 g/mol. The highest BCUT2D eigenvalue weighted by molar-refractivity contribution is 5.79. The summed E-state index contributed by atoms with van der Waals surface area (Å²) in [7, 11) is 0. The van der Waals surface area contributed by atoms with Gasteiger partial charge in [0.15, 0.2) is 5.82 Å². The third-order valence-electron chi connectivity index (χ3n) is 7.04. The second kappa shape index (κ2) is 10.5. The lowest BCUT2D eigenvalue weighted by Crippen LogP contribution is -2.37. The van der Waals surface area contributed by atoms with Gasteiger partial charge in [0.25, 0.3) is 5.56 Å². The minimum Gasteiger partial charge on any atom is -0.322 e. The summed E-state index contributed by atoms with van der Waals surface area (Å²) >= 11 is 0. The van der Waals surface area contributed by atoms with Crippen LogP contribution in [-0.2, 0) is 18.5 Å². The Hall–Kier alpha value is -3.32. The maximum absolute atomic E-state index is 13.1. The van der Waals surface area contributed by atoms with E-state index in [1.165, 1.54) is 11.1 Å². The van der Waals surface area contributed by atoms with E-state index in [0.29, 0.717) is 6.54 Å². The number of hydrogen-bond donors (Lipinski definition) is 1. The first-order valence-corrected chi connectivity index (χ1v) is 12.5. The predicted molar refractivity (Wildman–Crippen MR) is 140 cm³/mol. The molecular weight excluding hydrogens is 436 g/mol. The Kier molecular flexibility index (Phi) is 7.45. The zero-order chi connectivity index (χ0) is 25.0. The van der Waals surface area contributed by atoms with Crippen molar-refractivity contribution < 1.29 is 0 Å². The SMILES string of the molecule is CC[C@@H](c1nnnn1C(C)(C)CC)N(CCc1ccccc1)Cc1cc2cc(C)ccc2[nH]c1=O. The quantitative estimate of drug-likeness (QED) is 0.345. The Bertz CT molecular complexity index is 1320. The van der Waals surface area contributed by atoms with Crippen LogP contribution in [0.1, 0.15) is 69.1 Å². The van der Waals surface area contributed by atoms with E-state index in [1.54, 1.807) is 0 Å². The Morgan fingerprint density at radius 3 is 2.57 bits per heavy atom. The molecule has 0 fully saturated rings. The summed E-state index contributed by atoms with van der Waals surface area (Å²) in [6.45, 7) is 12.0. The van der Waals surface area contributed by atoms with Gasteiger partial charge in [0.1, 0.15) is 0 Å². The van der Waals surface area contributed by atoms with Crippen molar-refractivity contribution in [3.8, 4) is 0 Å². The Morgan fingerprint density at radius 2 is 1.86 bits per heavy atom. The summed E-state index contributed by atoms with van der Waals surface area (Å²) in [6, 6.07) is 18.6. The molecule has 0 saturated heterocycles. The van der Waals surface area contributed by atoms with Crippen LogP contribution in [0.4, 0.5) is 0 Å². The van der Waals surface area contributed by atoms with Crippen LogP contribution >= 0.6 is 0 Å². The van der Waals surface area contributed by atoms with E-state index in [9.17, 15) is 4.79 Å². The molecule has 2 aromatic heterocycles. The summed E-state index contributed by atoms with van der Waals surface area (Å²) in [5.74, 6) is 0.848. The first kappa shape index (κ1) is 24.8. The number of fused-ring (bicyclic) bond motifs is 1. The third-order valence-corrected chi connectivity index (χ3v) is 7.04. The molecule has 0 aliphatic rings. The number of aromatic amines is 1. The third kappa shape index (κ3) is 5.51. The fourth-order valence-electron chi connectivity index (χ4n) is 4.56. The molecule has 0 amide bonds. The molecule has 1 N–H and O–H groups in total. The molecule has 2 aromatic carbocycles. The number of H-pyrrole nitrogens is 1. The van der Waals surface area contributed by atoms with Crippen molar-refractivity contribution in [1.29, 1.82) is 0 Å². The molecule has 2 heterocycles. The molecular formula is C28H36N6O. The number of nitrogens with one attached hydrogen (secondary N) is 1. The van der Waals surface area contributed by atoms with Crippen molar-refractivity contribution in [2.45, 2.75) is 72.0 Å². The summed E-state index contributed by atoms with van der Waals surface area (Å²) in [6.07, 6.45) is 2.62. The van der Waals surface area contributed by atoms with E-state index in [1.807, 2.05) is 28.9 Å². The Labute approximate surface area is 207 Å². The first-order valence-electron chi connectivity index (χ1n) is 12.5. The zero-order valence-electron chi connectivity index (χ0n) is 21.5. The summed E-state index contributed by atoms with van der Waals surface area (Å²) < 4.78 is 1.96. The van der Waals surface area contributed by atoms with Gasteiger partial charge in [-0.05, 0) is 79.6 Å². The Morgan fingerprint density at radius 1 is 1.09 bits per heavy atom. The molecule has 1 atom stereocenters. The van der Waals surface area contributed by atoms with Gasteiger partial charge in [-0.2, -0.15) is 0 Å². The molecule has 7 heteroatoms. The van der Waals surface area contributed by atoms with Crippen molar-refractivity contribution in [3.63, 3.8) is 0 Å². The number of rotatable bonds is 10. The lowest BCUT2D eigenvalue weighted by molar-refractivity contribution is 0.160. The minimum absolute atomic E-state index is 0.0212. The largest absolute Gasteiger partial charge is 0.322 e. The highest BCUT2D eigenvalue weighted by Gasteiger charge is 2.30. The van der Waals surface area contributed by atoms with E-state index in [4.69, 9.17) is 0 Å². The van der Waals surface area contributed by atoms with Crippen LogP contribution in [0, 0.1) is 6.92 Å². The number of hydrogen-bond acceptors (Lipinski definition) is 5. The maximum Gasteiger partial charge on any atom is 0.252 e. The molecule has 0 saturated carbocycles. The summed E-state index contributed by atoms with van der Waals surface area (Å²) in [5.41, 5.74) is 3.81. The van der Waals surface area contributed by atoms with E-state index in [0.717, 1.165) is 48.1 Å². The molecule has 0 unspecified atom stereocenters. The lowest BCUT2D eigenvalue weighted by atomic mass is 10.0. The van der Waals surface area contributed by atoms with E-state index in [2.05, 4.69) is 90.4 Å². The van der Waals surface area contributed by atoms with Gasteiger partial charge in [0.05, 0.1) is 11.6 Å². The number of tetrazole rings is 1. The second-order valence-electron chi connectivity index (χ2n) is 9.96. The number of nitrogens with zero attached hydrogens (tertiary/aromatic N) is 5. The van der Waals surface area contributed by atoms with Gasteiger partial charge in [0.2, 0.25) is 0 Å². The number of aryl methyl sites for hydroxylation is 1. The zero-order valence-corrected chi connectivity index (χ0v) is 21.5. The maximum atomic E-state index is 13.1.